The average molecular weight is 549 g/mol. The molecule has 2 aromatic carbocycles. The molecular weight excluding hydrogens is 521 g/mol. The lowest BCUT2D eigenvalue weighted by molar-refractivity contribution is -0.140. The lowest BCUT2D eigenvalue weighted by Crippen LogP contribution is -2.41. The van der Waals surface area contributed by atoms with Crippen LogP contribution in [0.2, 0.25) is 0 Å². The van der Waals surface area contributed by atoms with Gasteiger partial charge in [0.1, 0.15) is 34.9 Å². The lowest BCUT2D eigenvalue weighted by Gasteiger charge is -2.26. The fourth-order valence-electron chi connectivity index (χ4n) is 5.10. The highest BCUT2D eigenvalue weighted by molar-refractivity contribution is 5.98. The van der Waals surface area contributed by atoms with Gasteiger partial charge in [-0.3, -0.25) is 4.79 Å². The van der Waals surface area contributed by atoms with E-state index in [1.54, 1.807) is 4.68 Å². The molecule has 11 heteroatoms. The van der Waals surface area contributed by atoms with Crippen LogP contribution >= 0.6 is 0 Å². The van der Waals surface area contributed by atoms with E-state index in [9.17, 15) is 18.0 Å². The molecule has 1 amide bonds. The Morgan fingerprint density at radius 2 is 1.75 bits per heavy atom. The quantitative estimate of drug-likeness (QED) is 0.295. The number of para-hydroxylation sites is 1. The van der Waals surface area contributed by atoms with E-state index in [1.165, 1.54) is 11.2 Å². The van der Waals surface area contributed by atoms with Gasteiger partial charge in [-0.25, -0.2) is 14.6 Å². The summed E-state index contributed by atoms with van der Waals surface area (Å²) in [7, 11) is 0. The van der Waals surface area contributed by atoms with Crippen molar-refractivity contribution < 1.29 is 22.7 Å². The lowest BCUT2D eigenvalue weighted by atomic mass is 10.1. The van der Waals surface area contributed by atoms with Crippen molar-refractivity contribution in [2.75, 3.05) is 12.3 Å². The zero-order chi connectivity index (χ0) is 27.9. The van der Waals surface area contributed by atoms with Crippen molar-refractivity contribution in [3.05, 3.63) is 72.6 Å². The Morgan fingerprint density at radius 1 is 1.02 bits per heavy atom. The van der Waals surface area contributed by atoms with Gasteiger partial charge in [-0.15, -0.1) is 0 Å². The van der Waals surface area contributed by atoms with Crippen LogP contribution in [0.15, 0.2) is 72.6 Å². The van der Waals surface area contributed by atoms with Gasteiger partial charge >= 0.3 is 6.18 Å². The van der Waals surface area contributed by atoms with E-state index in [2.05, 4.69) is 9.97 Å². The first-order valence-electron chi connectivity index (χ1n) is 13.2. The Balaban J connectivity index is 1.29. The normalized spacial score (nSPS) is 17.9. The van der Waals surface area contributed by atoms with Crippen LogP contribution in [0, 0.1) is 5.92 Å². The average Bonchev–Trinajstić information content (AvgIpc) is 3.52. The first-order valence-corrected chi connectivity index (χ1v) is 13.2. The molecule has 4 aromatic rings. The van der Waals surface area contributed by atoms with Crippen LogP contribution in [0.25, 0.3) is 22.3 Å². The number of ether oxygens (including phenoxy) is 1. The number of rotatable bonds is 7. The van der Waals surface area contributed by atoms with Gasteiger partial charge in [-0.2, -0.15) is 18.3 Å². The molecule has 2 fully saturated rings. The largest absolute Gasteiger partial charge is 0.457 e. The molecule has 1 unspecified atom stereocenters. The second-order valence-electron chi connectivity index (χ2n) is 10.1. The number of amides is 1. The van der Waals surface area contributed by atoms with Crippen LogP contribution in [0.4, 0.5) is 19.0 Å². The number of benzene rings is 2. The van der Waals surface area contributed by atoms with Gasteiger partial charge in [0.2, 0.25) is 0 Å². The number of anilines is 1. The predicted octanol–water partition coefficient (Wildman–Crippen LogP) is 5.76. The second kappa shape index (κ2) is 10.3. The van der Waals surface area contributed by atoms with Gasteiger partial charge in [0.15, 0.2) is 5.65 Å². The van der Waals surface area contributed by atoms with Gasteiger partial charge < -0.3 is 15.4 Å². The molecule has 1 aliphatic carbocycles. The van der Waals surface area contributed by atoms with Crippen LogP contribution in [0.3, 0.4) is 0 Å². The molecule has 0 bridgehead atoms. The number of nitrogens with zero attached hydrogens (tertiary/aromatic N) is 5. The zero-order valence-electron chi connectivity index (χ0n) is 21.5. The standard InChI is InChI=1S/C29H27F3N6O2/c30-29(31,32)23(15-18-8-9-18)28(39)37-14-4-5-20(37)16-38-27-24(26(33)34-17-35-27)25(36-38)19-10-12-22(13-11-19)40-21-6-2-1-3-7-21/h1-3,6-7,10-13,15,17-18,20H,4-5,8-9,14,16H2,(H2,33,34,35). The minimum Gasteiger partial charge on any atom is -0.457 e. The van der Waals surface area contributed by atoms with Crippen molar-refractivity contribution in [1.82, 2.24) is 24.6 Å². The first kappa shape index (κ1) is 25.8. The summed E-state index contributed by atoms with van der Waals surface area (Å²) in [4.78, 5) is 23.0. The molecule has 0 spiro atoms. The number of nitrogen functional groups attached to an aromatic ring is 1. The molecule has 2 aliphatic rings. The summed E-state index contributed by atoms with van der Waals surface area (Å²) in [5.74, 6) is 0.439. The van der Waals surface area contributed by atoms with Gasteiger partial charge in [-0.05, 0) is 68.0 Å². The molecular formula is C29H27F3N6O2. The number of aromatic nitrogens is 4. The number of alkyl halides is 3. The van der Waals surface area contributed by atoms with Gasteiger partial charge in [0.25, 0.3) is 5.91 Å². The van der Waals surface area contributed by atoms with Crippen molar-refractivity contribution in [3.63, 3.8) is 0 Å². The van der Waals surface area contributed by atoms with E-state index < -0.39 is 23.7 Å². The number of fused-ring (bicyclic) bond motifs is 1. The molecule has 40 heavy (non-hydrogen) atoms. The Kier molecular flexibility index (Phi) is 6.65. The SMILES string of the molecule is Nc1ncnc2c1c(-c1ccc(Oc3ccccc3)cc1)nn2CC1CCCN1C(=O)C(=CC1CC1)C(F)(F)F. The Bertz CT molecular complexity index is 1560. The number of hydrogen-bond donors (Lipinski definition) is 1. The Labute approximate surface area is 228 Å². The topological polar surface area (TPSA) is 99.2 Å². The maximum Gasteiger partial charge on any atom is 0.421 e. The fourth-order valence-corrected chi connectivity index (χ4v) is 5.10. The Hall–Kier alpha value is -4.41. The van der Waals surface area contributed by atoms with Crippen LogP contribution in [-0.4, -0.2) is 49.3 Å². The number of carbonyl (C=O) groups excluding carboxylic acids is 1. The first-order chi connectivity index (χ1) is 19.3. The monoisotopic (exact) mass is 548 g/mol. The van der Waals surface area contributed by atoms with E-state index in [-0.39, 0.29) is 24.8 Å². The third-order valence-corrected chi connectivity index (χ3v) is 7.25. The highest BCUT2D eigenvalue weighted by atomic mass is 19.4. The number of likely N-dealkylation sites (tertiary alicyclic amines) is 1. The molecule has 8 nitrogen and oxygen atoms in total. The highest BCUT2D eigenvalue weighted by Crippen LogP contribution is 2.38. The van der Waals surface area contributed by atoms with E-state index >= 15 is 0 Å². The fraction of sp³-hybridized carbons (Fsp3) is 0.310. The summed E-state index contributed by atoms with van der Waals surface area (Å²) in [5, 5.41) is 5.30. The summed E-state index contributed by atoms with van der Waals surface area (Å²) < 4.78 is 48.9. The minimum atomic E-state index is -4.70. The van der Waals surface area contributed by atoms with E-state index in [4.69, 9.17) is 15.6 Å². The number of allylic oxidation sites excluding steroid dienone is 1. The van der Waals surface area contributed by atoms with Crippen molar-refractivity contribution in [2.45, 2.75) is 44.4 Å². The second-order valence-corrected chi connectivity index (χ2v) is 10.1. The van der Waals surface area contributed by atoms with Crippen molar-refractivity contribution in [2.24, 2.45) is 5.92 Å². The van der Waals surface area contributed by atoms with Gasteiger partial charge in [0, 0.05) is 12.1 Å². The molecule has 3 heterocycles. The minimum absolute atomic E-state index is 0.177. The predicted molar refractivity (Wildman–Crippen MR) is 143 cm³/mol. The number of halogens is 3. The van der Waals surface area contributed by atoms with Crippen molar-refractivity contribution in [3.8, 4) is 22.8 Å². The summed E-state index contributed by atoms with van der Waals surface area (Å²) in [6.07, 6.45) is 0.251. The molecule has 206 valence electrons. The highest BCUT2D eigenvalue weighted by Gasteiger charge is 2.44. The van der Waals surface area contributed by atoms with Crippen LogP contribution in [-0.2, 0) is 11.3 Å². The van der Waals surface area contributed by atoms with E-state index in [0.717, 1.165) is 11.6 Å². The van der Waals surface area contributed by atoms with Crippen LogP contribution < -0.4 is 10.5 Å². The smallest absolute Gasteiger partial charge is 0.421 e. The van der Waals surface area contributed by atoms with E-state index in [0.29, 0.717) is 53.9 Å². The summed E-state index contributed by atoms with van der Waals surface area (Å²) in [5.41, 5.74) is 6.91. The van der Waals surface area contributed by atoms with E-state index in [1.807, 2.05) is 54.6 Å². The summed E-state index contributed by atoms with van der Waals surface area (Å²) in [6.45, 7) is 0.441. The maximum atomic E-state index is 13.8. The molecule has 1 aliphatic heterocycles. The Morgan fingerprint density at radius 3 is 2.45 bits per heavy atom. The molecule has 0 radical (unpaired) electrons. The molecule has 1 saturated carbocycles. The zero-order valence-corrected chi connectivity index (χ0v) is 21.5. The molecule has 1 atom stereocenters. The molecule has 2 aromatic heterocycles. The van der Waals surface area contributed by atoms with Crippen LogP contribution in [0.5, 0.6) is 11.5 Å². The maximum absolute atomic E-state index is 13.8. The molecule has 6 rings (SSSR count). The molecule has 1 saturated heterocycles. The summed E-state index contributed by atoms with van der Waals surface area (Å²) >= 11 is 0. The number of nitrogens with two attached hydrogens (primary N) is 1. The third kappa shape index (κ3) is 5.23. The molecule has 2 N–H and O–H groups in total. The van der Waals surface area contributed by atoms with Gasteiger partial charge in [0.05, 0.1) is 18.0 Å². The number of carbonyl (C=O) groups is 1. The van der Waals surface area contributed by atoms with Crippen LogP contribution in [0.1, 0.15) is 25.7 Å². The summed E-state index contributed by atoms with van der Waals surface area (Å²) in [6, 6.07) is 16.3. The third-order valence-electron chi connectivity index (χ3n) is 7.25. The number of hydrogen-bond acceptors (Lipinski definition) is 6. The van der Waals surface area contributed by atoms with Crippen molar-refractivity contribution >= 4 is 22.8 Å². The van der Waals surface area contributed by atoms with Gasteiger partial charge in [-0.1, -0.05) is 24.3 Å². The van der Waals surface area contributed by atoms with Crippen molar-refractivity contribution in [1.29, 1.82) is 0 Å².